The van der Waals surface area contributed by atoms with E-state index in [2.05, 4.69) is 0 Å². The number of fused-ring (bicyclic) bond motifs is 1. The van der Waals surface area contributed by atoms with Gasteiger partial charge in [0.15, 0.2) is 5.03 Å². The first-order valence-electron chi connectivity index (χ1n) is 3.99. The van der Waals surface area contributed by atoms with Gasteiger partial charge in [-0.15, -0.1) is 0 Å². The summed E-state index contributed by atoms with van der Waals surface area (Å²) in [5, 5.41) is 19.8. The Hall–Kier alpha value is -2.06. The van der Waals surface area contributed by atoms with Gasteiger partial charge in [0, 0.05) is 10.4 Å². The molecule has 0 aliphatic carbocycles. The molecular weight excluding hydrogens is 218 g/mol. The van der Waals surface area contributed by atoms with Crippen LogP contribution in [0.25, 0.3) is 10.9 Å². The van der Waals surface area contributed by atoms with Crippen molar-refractivity contribution in [1.29, 1.82) is 5.26 Å². The zero-order valence-corrected chi connectivity index (χ0v) is 8.10. The third-order valence-corrected chi connectivity index (χ3v) is 2.28. The highest BCUT2D eigenvalue weighted by Gasteiger charge is 2.14. The number of hydrogen-bond donors (Lipinski definition) is 0. The molecule has 0 aliphatic heterocycles. The summed E-state index contributed by atoms with van der Waals surface area (Å²) < 4.78 is 0.791. The van der Waals surface area contributed by atoms with Gasteiger partial charge in [-0.2, -0.15) is 5.26 Å². The molecule has 1 aromatic carbocycles. The highest BCUT2D eigenvalue weighted by atomic mass is 35.5. The van der Waals surface area contributed by atoms with Gasteiger partial charge in [-0.1, -0.05) is 16.3 Å². The van der Waals surface area contributed by atoms with E-state index in [4.69, 9.17) is 16.9 Å². The van der Waals surface area contributed by atoms with Gasteiger partial charge in [-0.3, -0.25) is 0 Å². The van der Waals surface area contributed by atoms with Crippen LogP contribution >= 0.6 is 11.6 Å². The van der Waals surface area contributed by atoms with Gasteiger partial charge < -0.3 is 0 Å². The molecular formula is C9H4ClN3O2. The molecule has 0 fully saturated rings. The van der Waals surface area contributed by atoms with E-state index in [1.54, 1.807) is 12.1 Å². The normalized spacial score (nSPS) is 10.1. The molecule has 0 spiro atoms. The molecule has 0 amide bonds. The zero-order chi connectivity index (χ0) is 11.0. The van der Waals surface area contributed by atoms with Crippen LogP contribution in [0.1, 0.15) is 5.56 Å². The Morgan fingerprint density at radius 3 is 2.87 bits per heavy atom. The Kier molecular flexibility index (Phi) is 2.06. The van der Waals surface area contributed by atoms with E-state index < -0.39 is 5.03 Å². The minimum Gasteiger partial charge on any atom is -0.234 e. The van der Waals surface area contributed by atoms with Crippen LogP contribution in [0.15, 0.2) is 24.4 Å². The average Bonchev–Trinajstić information content (AvgIpc) is 2.55. The molecule has 74 valence electrons. The topological polar surface area (TPSA) is 71.9 Å². The van der Waals surface area contributed by atoms with Gasteiger partial charge in [0.1, 0.15) is 11.6 Å². The molecule has 2 aromatic rings. The second kappa shape index (κ2) is 3.26. The maximum absolute atomic E-state index is 10.7. The van der Waals surface area contributed by atoms with E-state index in [-0.39, 0.29) is 5.56 Å². The summed E-state index contributed by atoms with van der Waals surface area (Å²) in [5.74, 6) is 0. The number of benzene rings is 1. The molecule has 2 rings (SSSR count). The highest BCUT2D eigenvalue weighted by molar-refractivity contribution is 6.31. The fraction of sp³-hybridized carbons (Fsp3) is 0. The third kappa shape index (κ3) is 1.41. The largest absolute Gasteiger partial charge is 0.234 e. The van der Waals surface area contributed by atoms with Crippen molar-refractivity contribution >= 4 is 22.5 Å². The Bertz CT molecular complexity index is 597. The Morgan fingerprint density at radius 1 is 1.53 bits per heavy atom. The van der Waals surface area contributed by atoms with E-state index in [0.717, 1.165) is 4.68 Å². The summed E-state index contributed by atoms with van der Waals surface area (Å²) >= 11 is 5.73. The van der Waals surface area contributed by atoms with Crippen LogP contribution in [0, 0.1) is 21.4 Å². The van der Waals surface area contributed by atoms with E-state index in [1.165, 1.54) is 12.3 Å². The second-order valence-electron chi connectivity index (χ2n) is 2.90. The quantitative estimate of drug-likeness (QED) is 0.547. The lowest BCUT2D eigenvalue weighted by Gasteiger charge is -1.93. The molecule has 0 N–H and O–H groups in total. The molecule has 15 heavy (non-hydrogen) atoms. The maximum Gasteiger partial charge on any atom is 0.169 e. The standard InChI is InChI=1S/C9H4ClN3O2/c10-7-1-2-8-6(4-11)5-12(13(14)15)9(8)3-7/h1-3,5H. The molecule has 1 heterocycles. The molecule has 6 heteroatoms. The first kappa shape index (κ1) is 9.49. The van der Waals surface area contributed by atoms with Crippen LogP contribution in [-0.4, -0.2) is 9.71 Å². The number of nitriles is 1. The van der Waals surface area contributed by atoms with Crippen molar-refractivity contribution in [3.63, 3.8) is 0 Å². The van der Waals surface area contributed by atoms with Crippen molar-refractivity contribution in [1.82, 2.24) is 4.68 Å². The molecule has 0 aliphatic rings. The van der Waals surface area contributed by atoms with Crippen LogP contribution < -0.4 is 0 Å². The molecule has 5 nitrogen and oxygen atoms in total. The molecule has 0 radical (unpaired) electrons. The van der Waals surface area contributed by atoms with Crippen molar-refractivity contribution in [2.45, 2.75) is 0 Å². The van der Waals surface area contributed by atoms with Crippen molar-refractivity contribution in [3.05, 3.63) is 45.1 Å². The summed E-state index contributed by atoms with van der Waals surface area (Å²) in [6, 6.07) is 6.54. The van der Waals surface area contributed by atoms with Gasteiger partial charge >= 0.3 is 0 Å². The SMILES string of the molecule is N#Cc1cn([N+](=O)[O-])c2cc(Cl)ccc12. The fourth-order valence-electron chi connectivity index (χ4n) is 1.41. The second-order valence-corrected chi connectivity index (χ2v) is 3.33. The van der Waals surface area contributed by atoms with Crippen molar-refractivity contribution in [3.8, 4) is 6.07 Å². The van der Waals surface area contributed by atoms with E-state index in [0.29, 0.717) is 15.9 Å². The summed E-state index contributed by atoms with van der Waals surface area (Å²) in [4.78, 5) is 10.7. The third-order valence-electron chi connectivity index (χ3n) is 2.04. The highest BCUT2D eigenvalue weighted by Crippen LogP contribution is 2.23. The van der Waals surface area contributed by atoms with Crippen LogP contribution in [0.3, 0.4) is 0 Å². The van der Waals surface area contributed by atoms with Gasteiger partial charge in [-0.05, 0) is 18.2 Å². The molecule has 0 saturated carbocycles. The predicted octanol–water partition coefficient (Wildman–Crippen LogP) is 2.21. The summed E-state index contributed by atoms with van der Waals surface area (Å²) in [6.07, 6.45) is 1.18. The lowest BCUT2D eigenvalue weighted by molar-refractivity contribution is -0.537. The van der Waals surface area contributed by atoms with E-state index in [9.17, 15) is 10.1 Å². The fourth-order valence-corrected chi connectivity index (χ4v) is 1.57. The minimum atomic E-state index is -0.598. The number of aromatic nitrogens is 1. The maximum atomic E-state index is 10.7. The van der Waals surface area contributed by atoms with Crippen LogP contribution in [0.5, 0.6) is 0 Å². The van der Waals surface area contributed by atoms with Gasteiger partial charge in [0.05, 0.1) is 11.8 Å². The predicted molar refractivity (Wildman–Crippen MR) is 54.1 cm³/mol. The number of rotatable bonds is 1. The van der Waals surface area contributed by atoms with Crippen molar-refractivity contribution in [2.24, 2.45) is 0 Å². The minimum absolute atomic E-state index is 0.262. The lowest BCUT2D eigenvalue weighted by Crippen LogP contribution is -2.05. The number of nitro groups is 1. The van der Waals surface area contributed by atoms with E-state index >= 15 is 0 Å². The number of hydrogen-bond acceptors (Lipinski definition) is 3. The average molecular weight is 222 g/mol. The Morgan fingerprint density at radius 2 is 2.27 bits per heavy atom. The monoisotopic (exact) mass is 221 g/mol. The molecule has 1 aromatic heterocycles. The van der Waals surface area contributed by atoms with Gasteiger partial charge in [0.25, 0.3) is 0 Å². The molecule has 0 unspecified atom stereocenters. The molecule has 0 atom stereocenters. The van der Waals surface area contributed by atoms with Crippen molar-refractivity contribution < 1.29 is 5.03 Å². The van der Waals surface area contributed by atoms with E-state index in [1.807, 2.05) is 6.07 Å². The summed E-state index contributed by atoms with van der Waals surface area (Å²) in [6.45, 7) is 0. The lowest BCUT2D eigenvalue weighted by atomic mass is 10.2. The van der Waals surface area contributed by atoms with Crippen LogP contribution in [0.4, 0.5) is 0 Å². The number of halogens is 1. The van der Waals surface area contributed by atoms with Gasteiger partial charge in [-0.25, -0.2) is 10.1 Å². The van der Waals surface area contributed by atoms with Crippen LogP contribution in [0.2, 0.25) is 5.02 Å². The summed E-state index contributed by atoms with van der Waals surface area (Å²) in [5.41, 5.74) is 0.586. The first-order chi connectivity index (χ1) is 7.13. The Labute approximate surface area is 89.2 Å². The van der Waals surface area contributed by atoms with Crippen LogP contribution in [-0.2, 0) is 0 Å². The van der Waals surface area contributed by atoms with Gasteiger partial charge in [0.2, 0.25) is 0 Å². The smallest absolute Gasteiger partial charge is 0.169 e. The van der Waals surface area contributed by atoms with Crippen molar-refractivity contribution in [2.75, 3.05) is 0 Å². The Balaban J connectivity index is 2.89. The molecule has 0 saturated heterocycles. The first-order valence-corrected chi connectivity index (χ1v) is 4.36. The number of nitrogens with zero attached hydrogens (tertiary/aromatic N) is 3. The molecule has 0 bridgehead atoms. The zero-order valence-electron chi connectivity index (χ0n) is 7.35. The summed E-state index contributed by atoms with van der Waals surface area (Å²) in [7, 11) is 0.